The molecule has 0 amide bonds. The topological polar surface area (TPSA) is 50.1 Å². The van der Waals surface area contributed by atoms with Gasteiger partial charge in [0.25, 0.3) is 0 Å². The standard InChI is InChI=1S/C12H13N3/c13-11-8-4-5-9-12(11)15-14-10-6-2-1-3-7-10/h1-9,14-15H,13H2. The third-order valence-corrected chi connectivity index (χ3v) is 2.08. The van der Waals surface area contributed by atoms with Crippen molar-refractivity contribution in [3.05, 3.63) is 54.6 Å². The summed E-state index contributed by atoms with van der Waals surface area (Å²) in [5, 5.41) is 0. The molecule has 0 heterocycles. The van der Waals surface area contributed by atoms with Crippen LogP contribution in [0.4, 0.5) is 17.1 Å². The van der Waals surface area contributed by atoms with Crippen LogP contribution >= 0.6 is 0 Å². The molecule has 0 aromatic heterocycles. The Balaban J connectivity index is 2.03. The van der Waals surface area contributed by atoms with Crippen LogP contribution in [0.25, 0.3) is 0 Å². The Kier molecular flexibility index (Phi) is 2.74. The van der Waals surface area contributed by atoms with Gasteiger partial charge in [-0.15, -0.1) is 0 Å². The van der Waals surface area contributed by atoms with Gasteiger partial charge in [-0.1, -0.05) is 30.3 Å². The van der Waals surface area contributed by atoms with E-state index in [1.165, 1.54) is 0 Å². The highest BCUT2D eigenvalue weighted by molar-refractivity contribution is 5.67. The van der Waals surface area contributed by atoms with Crippen molar-refractivity contribution in [1.29, 1.82) is 0 Å². The number of hydrogen-bond acceptors (Lipinski definition) is 3. The number of nitrogens with two attached hydrogens (primary N) is 1. The van der Waals surface area contributed by atoms with Gasteiger partial charge in [0.2, 0.25) is 0 Å². The van der Waals surface area contributed by atoms with E-state index in [9.17, 15) is 0 Å². The van der Waals surface area contributed by atoms with E-state index in [1.54, 1.807) is 0 Å². The molecule has 0 unspecified atom stereocenters. The molecule has 3 heteroatoms. The van der Waals surface area contributed by atoms with Gasteiger partial charge in [0.1, 0.15) is 0 Å². The van der Waals surface area contributed by atoms with Gasteiger partial charge in [-0.3, -0.25) is 5.43 Å². The van der Waals surface area contributed by atoms with Crippen molar-refractivity contribution in [2.24, 2.45) is 0 Å². The second kappa shape index (κ2) is 4.37. The molecule has 2 aromatic carbocycles. The molecular weight excluding hydrogens is 186 g/mol. The molecule has 2 rings (SSSR count). The average molecular weight is 199 g/mol. The van der Waals surface area contributed by atoms with Gasteiger partial charge < -0.3 is 11.2 Å². The van der Waals surface area contributed by atoms with Crippen LogP contribution in [0.15, 0.2) is 54.6 Å². The first-order chi connectivity index (χ1) is 7.36. The van der Waals surface area contributed by atoms with Crippen LogP contribution in [0.1, 0.15) is 0 Å². The summed E-state index contributed by atoms with van der Waals surface area (Å²) >= 11 is 0. The SMILES string of the molecule is Nc1ccccc1NNc1ccccc1. The Morgan fingerprint density at radius 1 is 0.733 bits per heavy atom. The van der Waals surface area contributed by atoms with Crippen LogP contribution in [0.5, 0.6) is 0 Å². The maximum atomic E-state index is 5.78. The molecule has 0 fully saturated rings. The fraction of sp³-hybridized carbons (Fsp3) is 0. The van der Waals surface area contributed by atoms with Gasteiger partial charge in [-0.25, -0.2) is 0 Å². The van der Waals surface area contributed by atoms with Gasteiger partial charge in [0, 0.05) is 0 Å². The van der Waals surface area contributed by atoms with E-state index in [2.05, 4.69) is 10.9 Å². The molecule has 2 aromatic rings. The largest absolute Gasteiger partial charge is 0.397 e. The maximum absolute atomic E-state index is 5.78. The van der Waals surface area contributed by atoms with Gasteiger partial charge in [-0.05, 0) is 24.3 Å². The van der Waals surface area contributed by atoms with Crippen LogP contribution in [0, 0.1) is 0 Å². The molecule has 0 spiro atoms. The lowest BCUT2D eigenvalue weighted by Crippen LogP contribution is -2.09. The number of hydrogen-bond donors (Lipinski definition) is 3. The lowest BCUT2D eigenvalue weighted by Gasteiger charge is -2.11. The minimum atomic E-state index is 0.723. The van der Waals surface area contributed by atoms with Crippen molar-refractivity contribution < 1.29 is 0 Å². The van der Waals surface area contributed by atoms with Crippen molar-refractivity contribution in [2.75, 3.05) is 16.6 Å². The number of anilines is 3. The quantitative estimate of drug-likeness (QED) is 0.526. The molecule has 0 radical (unpaired) electrons. The summed E-state index contributed by atoms with van der Waals surface area (Å²) in [6.45, 7) is 0. The maximum Gasteiger partial charge on any atom is 0.0769 e. The molecule has 0 bridgehead atoms. The molecule has 4 N–H and O–H groups in total. The van der Waals surface area contributed by atoms with E-state index >= 15 is 0 Å². The summed E-state index contributed by atoms with van der Waals surface area (Å²) < 4.78 is 0. The summed E-state index contributed by atoms with van der Waals surface area (Å²) in [5.74, 6) is 0. The van der Waals surface area contributed by atoms with Crippen LogP contribution in [0.3, 0.4) is 0 Å². The Morgan fingerprint density at radius 2 is 1.40 bits per heavy atom. The monoisotopic (exact) mass is 199 g/mol. The first-order valence-electron chi connectivity index (χ1n) is 4.78. The van der Waals surface area contributed by atoms with E-state index in [0.717, 1.165) is 17.1 Å². The number of nitrogen functional groups attached to an aromatic ring is 1. The third-order valence-electron chi connectivity index (χ3n) is 2.08. The summed E-state index contributed by atoms with van der Waals surface area (Å²) in [5.41, 5.74) is 14.5. The van der Waals surface area contributed by atoms with E-state index in [-0.39, 0.29) is 0 Å². The predicted molar refractivity (Wildman–Crippen MR) is 64.5 cm³/mol. The third kappa shape index (κ3) is 2.40. The zero-order chi connectivity index (χ0) is 10.5. The fourth-order valence-electron chi connectivity index (χ4n) is 1.27. The first kappa shape index (κ1) is 9.40. The van der Waals surface area contributed by atoms with E-state index in [4.69, 9.17) is 5.73 Å². The Hall–Kier alpha value is -2.16. The zero-order valence-corrected chi connectivity index (χ0v) is 8.27. The zero-order valence-electron chi connectivity index (χ0n) is 8.27. The molecule has 15 heavy (non-hydrogen) atoms. The number of rotatable bonds is 3. The molecular formula is C12H13N3. The average Bonchev–Trinajstić information content (AvgIpc) is 2.29. The minimum Gasteiger partial charge on any atom is -0.397 e. The lowest BCUT2D eigenvalue weighted by atomic mass is 10.3. The molecule has 0 atom stereocenters. The second-order valence-electron chi connectivity index (χ2n) is 3.20. The van der Waals surface area contributed by atoms with E-state index in [1.807, 2.05) is 54.6 Å². The predicted octanol–water partition coefficient (Wildman–Crippen LogP) is 2.71. The Labute approximate surface area is 88.9 Å². The number of para-hydroxylation sites is 3. The second-order valence-corrected chi connectivity index (χ2v) is 3.20. The molecule has 76 valence electrons. The van der Waals surface area contributed by atoms with Crippen molar-refractivity contribution in [3.63, 3.8) is 0 Å². The summed E-state index contributed by atoms with van der Waals surface area (Å²) in [7, 11) is 0. The van der Waals surface area contributed by atoms with E-state index < -0.39 is 0 Å². The molecule has 0 aliphatic rings. The van der Waals surface area contributed by atoms with Crippen molar-refractivity contribution in [1.82, 2.24) is 0 Å². The van der Waals surface area contributed by atoms with Gasteiger partial charge in [-0.2, -0.15) is 0 Å². The van der Waals surface area contributed by atoms with Crippen LogP contribution < -0.4 is 16.6 Å². The fourth-order valence-corrected chi connectivity index (χ4v) is 1.27. The number of benzene rings is 2. The highest BCUT2D eigenvalue weighted by atomic mass is 15.4. The summed E-state index contributed by atoms with van der Waals surface area (Å²) in [4.78, 5) is 0. The number of hydrazine groups is 1. The first-order valence-corrected chi connectivity index (χ1v) is 4.78. The van der Waals surface area contributed by atoms with Crippen molar-refractivity contribution in [2.45, 2.75) is 0 Å². The smallest absolute Gasteiger partial charge is 0.0769 e. The highest BCUT2D eigenvalue weighted by Gasteiger charge is 1.95. The van der Waals surface area contributed by atoms with Crippen LogP contribution in [-0.2, 0) is 0 Å². The lowest BCUT2D eigenvalue weighted by molar-refractivity contribution is 1.41. The molecule has 0 saturated heterocycles. The normalized spacial score (nSPS) is 9.60. The Bertz CT molecular complexity index is 426. The molecule has 0 saturated carbocycles. The van der Waals surface area contributed by atoms with Crippen molar-refractivity contribution >= 4 is 17.1 Å². The summed E-state index contributed by atoms with van der Waals surface area (Å²) in [6.07, 6.45) is 0. The van der Waals surface area contributed by atoms with Gasteiger partial charge in [0.05, 0.1) is 17.1 Å². The number of nitrogens with one attached hydrogen (secondary N) is 2. The van der Waals surface area contributed by atoms with Crippen LogP contribution in [-0.4, -0.2) is 0 Å². The minimum absolute atomic E-state index is 0.723. The highest BCUT2D eigenvalue weighted by Crippen LogP contribution is 2.17. The summed E-state index contributed by atoms with van der Waals surface area (Å²) in [6, 6.07) is 17.5. The van der Waals surface area contributed by atoms with E-state index in [0.29, 0.717) is 0 Å². The van der Waals surface area contributed by atoms with Gasteiger partial charge in [0.15, 0.2) is 0 Å². The van der Waals surface area contributed by atoms with Gasteiger partial charge >= 0.3 is 0 Å². The van der Waals surface area contributed by atoms with Crippen LogP contribution in [0.2, 0.25) is 0 Å². The Morgan fingerprint density at radius 3 is 2.13 bits per heavy atom. The molecule has 0 aliphatic carbocycles. The molecule has 0 aliphatic heterocycles. The van der Waals surface area contributed by atoms with Crippen molar-refractivity contribution in [3.8, 4) is 0 Å². The molecule has 3 nitrogen and oxygen atoms in total.